The molecule has 0 N–H and O–H groups in total. The summed E-state index contributed by atoms with van der Waals surface area (Å²) in [6.07, 6.45) is 9.45. The van der Waals surface area contributed by atoms with Gasteiger partial charge in [0.2, 0.25) is 0 Å². The average Bonchev–Trinajstić information content (AvgIpc) is 2.71. The zero-order valence-corrected chi connectivity index (χ0v) is 14.9. The lowest BCUT2D eigenvalue weighted by Crippen LogP contribution is -2.41. The second-order valence-corrected chi connectivity index (χ2v) is 6.72. The summed E-state index contributed by atoms with van der Waals surface area (Å²) in [6.45, 7) is 5.03. The summed E-state index contributed by atoms with van der Waals surface area (Å²) in [7, 11) is 3.57. The van der Waals surface area contributed by atoms with Gasteiger partial charge in [0.1, 0.15) is 0 Å². The van der Waals surface area contributed by atoms with Crippen LogP contribution in [-0.2, 0) is 9.47 Å². The van der Waals surface area contributed by atoms with Crippen molar-refractivity contribution in [3.8, 4) is 0 Å². The molecule has 0 atom stereocenters. The van der Waals surface area contributed by atoms with Gasteiger partial charge < -0.3 is 14.4 Å². The van der Waals surface area contributed by atoms with E-state index >= 15 is 0 Å². The summed E-state index contributed by atoms with van der Waals surface area (Å²) in [5, 5.41) is 1.13. The molecule has 0 spiro atoms. The third-order valence-corrected chi connectivity index (χ3v) is 5.63. The molecule has 1 fully saturated rings. The maximum atomic E-state index is 5.27. The molecule has 3 nitrogen and oxygen atoms in total. The Labute approximate surface area is 133 Å². The molecular weight excluding hydrogens is 318 g/mol. The lowest BCUT2D eigenvalue weighted by molar-refractivity contribution is 0.0961. The highest BCUT2D eigenvalue weighted by atomic mass is 79.9. The Kier molecular flexibility index (Phi) is 10.1. The van der Waals surface area contributed by atoms with Gasteiger partial charge in [-0.15, -0.1) is 0 Å². The molecule has 0 aromatic rings. The highest BCUT2D eigenvalue weighted by Gasteiger charge is 2.31. The van der Waals surface area contributed by atoms with Crippen LogP contribution in [0.2, 0.25) is 0 Å². The molecule has 1 aliphatic carbocycles. The van der Waals surface area contributed by atoms with Gasteiger partial charge in [-0.2, -0.15) is 0 Å². The number of halogens is 1. The van der Waals surface area contributed by atoms with Gasteiger partial charge in [0, 0.05) is 45.8 Å². The Morgan fingerprint density at radius 3 is 2.15 bits per heavy atom. The fourth-order valence-electron chi connectivity index (χ4n) is 3.21. The molecule has 1 rings (SSSR count). The normalized spacial score (nSPS) is 19.2. The first-order valence-electron chi connectivity index (χ1n) is 8.02. The molecule has 0 aromatic heterocycles. The summed E-state index contributed by atoms with van der Waals surface area (Å²) >= 11 is 3.80. The molecule has 20 heavy (non-hydrogen) atoms. The lowest BCUT2D eigenvalue weighted by atomic mass is 9.82. The third-order valence-electron chi connectivity index (χ3n) is 4.44. The summed E-state index contributed by atoms with van der Waals surface area (Å²) in [5.41, 5.74) is 0.470. The molecule has 0 unspecified atom stereocenters. The SMILES string of the molecule is COCCCN(CCOC)CC1(CBr)CCCCCC1. The average molecular weight is 350 g/mol. The molecule has 0 aliphatic heterocycles. The monoisotopic (exact) mass is 349 g/mol. The predicted molar refractivity (Wildman–Crippen MR) is 88.7 cm³/mol. The largest absolute Gasteiger partial charge is 0.385 e. The van der Waals surface area contributed by atoms with Crippen molar-refractivity contribution in [1.82, 2.24) is 4.90 Å². The van der Waals surface area contributed by atoms with Crippen LogP contribution in [0, 0.1) is 5.41 Å². The van der Waals surface area contributed by atoms with Crippen molar-refractivity contribution < 1.29 is 9.47 Å². The first kappa shape index (κ1) is 18.4. The number of methoxy groups -OCH3 is 2. The highest BCUT2D eigenvalue weighted by Crippen LogP contribution is 2.37. The van der Waals surface area contributed by atoms with E-state index in [1.165, 1.54) is 45.1 Å². The molecule has 4 heteroatoms. The van der Waals surface area contributed by atoms with Gasteiger partial charge >= 0.3 is 0 Å². The van der Waals surface area contributed by atoms with E-state index < -0.39 is 0 Å². The quantitative estimate of drug-likeness (QED) is 0.341. The van der Waals surface area contributed by atoms with Gasteiger partial charge in [-0.1, -0.05) is 41.6 Å². The zero-order valence-electron chi connectivity index (χ0n) is 13.3. The van der Waals surface area contributed by atoms with Crippen LogP contribution in [0.1, 0.15) is 44.9 Å². The summed E-state index contributed by atoms with van der Waals surface area (Å²) in [4.78, 5) is 2.58. The second kappa shape index (κ2) is 11.0. The maximum Gasteiger partial charge on any atom is 0.0589 e. The number of hydrogen-bond donors (Lipinski definition) is 0. The molecule has 0 heterocycles. The van der Waals surface area contributed by atoms with Crippen molar-refractivity contribution in [3.63, 3.8) is 0 Å². The van der Waals surface area contributed by atoms with E-state index in [-0.39, 0.29) is 0 Å². The molecule has 0 aromatic carbocycles. The van der Waals surface area contributed by atoms with E-state index in [0.717, 1.165) is 38.1 Å². The van der Waals surface area contributed by atoms with Crippen LogP contribution in [-0.4, -0.2) is 57.3 Å². The van der Waals surface area contributed by atoms with Gasteiger partial charge in [0.25, 0.3) is 0 Å². The number of rotatable bonds is 10. The fraction of sp³-hybridized carbons (Fsp3) is 1.00. The number of hydrogen-bond acceptors (Lipinski definition) is 3. The Balaban J connectivity index is 2.53. The number of nitrogens with zero attached hydrogens (tertiary/aromatic N) is 1. The first-order valence-corrected chi connectivity index (χ1v) is 9.15. The van der Waals surface area contributed by atoms with Crippen molar-refractivity contribution in [2.45, 2.75) is 44.9 Å². The highest BCUT2D eigenvalue weighted by molar-refractivity contribution is 9.09. The van der Waals surface area contributed by atoms with Gasteiger partial charge in [-0.05, 0) is 24.7 Å². The standard InChI is InChI=1S/C16H32BrNO2/c1-19-12-7-10-18(11-13-20-2)15-16(14-17)8-5-3-4-6-9-16/h3-15H2,1-2H3. The van der Waals surface area contributed by atoms with Crippen molar-refractivity contribution in [3.05, 3.63) is 0 Å². The van der Waals surface area contributed by atoms with Gasteiger partial charge in [-0.25, -0.2) is 0 Å². The van der Waals surface area contributed by atoms with Gasteiger partial charge in [0.15, 0.2) is 0 Å². The van der Waals surface area contributed by atoms with E-state index in [2.05, 4.69) is 20.8 Å². The van der Waals surface area contributed by atoms with Crippen LogP contribution in [0.4, 0.5) is 0 Å². The summed E-state index contributed by atoms with van der Waals surface area (Å²) in [5.74, 6) is 0. The Morgan fingerprint density at radius 1 is 0.950 bits per heavy atom. The maximum absolute atomic E-state index is 5.27. The molecule has 1 aliphatic rings. The molecular formula is C16H32BrNO2. The summed E-state index contributed by atoms with van der Waals surface area (Å²) < 4.78 is 10.5. The minimum Gasteiger partial charge on any atom is -0.385 e. The van der Waals surface area contributed by atoms with Crippen LogP contribution in [0.3, 0.4) is 0 Å². The first-order chi connectivity index (χ1) is 9.76. The van der Waals surface area contributed by atoms with E-state index in [1.807, 2.05) is 0 Å². The molecule has 0 radical (unpaired) electrons. The third kappa shape index (κ3) is 6.88. The summed E-state index contributed by atoms with van der Waals surface area (Å²) in [6, 6.07) is 0. The molecule has 0 saturated heterocycles. The van der Waals surface area contributed by atoms with E-state index in [9.17, 15) is 0 Å². The molecule has 120 valence electrons. The molecule has 1 saturated carbocycles. The zero-order chi connectivity index (χ0) is 14.7. The smallest absolute Gasteiger partial charge is 0.0589 e. The van der Waals surface area contributed by atoms with Crippen molar-refractivity contribution in [2.75, 3.05) is 52.4 Å². The Bertz CT molecular complexity index is 231. The van der Waals surface area contributed by atoms with Gasteiger partial charge in [0.05, 0.1) is 6.61 Å². The second-order valence-electron chi connectivity index (χ2n) is 6.16. The van der Waals surface area contributed by atoms with Crippen molar-refractivity contribution in [1.29, 1.82) is 0 Å². The van der Waals surface area contributed by atoms with Crippen molar-refractivity contribution >= 4 is 15.9 Å². The number of alkyl halides is 1. The van der Waals surface area contributed by atoms with Crippen LogP contribution in [0.25, 0.3) is 0 Å². The minimum absolute atomic E-state index is 0.470. The number of ether oxygens (including phenoxy) is 2. The molecule has 0 bridgehead atoms. The Hall–Kier alpha value is 0.360. The lowest BCUT2D eigenvalue weighted by Gasteiger charge is -2.37. The van der Waals surface area contributed by atoms with Crippen LogP contribution >= 0.6 is 15.9 Å². The Morgan fingerprint density at radius 2 is 1.60 bits per heavy atom. The molecule has 0 amide bonds. The fourth-order valence-corrected chi connectivity index (χ4v) is 3.95. The van der Waals surface area contributed by atoms with Gasteiger partial charge in [-0.3, -0.25) is 0 Å². The van der Waals surface area contributed by atoms with E-state index in [4.69, 9.17) is 9.47 Å². The van der Waals surface area contributed by atoms with E-state index in [0.29, 0.717) is 5.41 Å². The van der Waals surface area contributed by atoms with Crippen LogP contribution in [0.5, 0.6) is 0 Å². The topological polar surface area (TPSA) is 21.7 Å². The van der Waals surface area contributed by atoms with Crippen molar-refractivity contribution in [2.24, 2.45) is 5.41 Å². The van der Waals surface area contributed by atoms with Crippen LogP contribution in [0.15, 0.2) is 0 Å². The minimum atomic E-state index is 0.470. The van der Waals surface area contributed by atoms with E-state index in [1.54, 1.807) is 14.2 Å². The van der Waals surface area contributed by atoms with Crippen LogP contribution < -0.4 is 0 Å². The predicted octanol–water partition coefficient (Wildman–Crippen LogP) is 3.71.